The van der Waals surface area contributed by atoms with Crippen molar-refractivity contribution in [2.24, 2.45) is 5.73 Å². The molecule has 2 N–H and O–H groups in total. The topological polar surface area (TPSA) is 46.3 Å². The third-order valence-corrected chi connectivity index (χ3v) is 4.85. The SMILES string of the molecule is NC(=S)C1CCCN1C(=O)c1ccc(I)c(Cl)c1. The van der Waals surface area contributed by atoms with Gasteiger partial charge in [0.15, 0.2) is 0 Å². The Kier molecular flexibility index (Phi) is 4.45. The monoisotopic (exact) mass is 394 g/mol. The number of carbonyl (C=O) groups excluding carboxylic acids is 1. The molecule has 1 aromatic carbocycles. The van der Waals surface area contributed by atoms with Crippen LogP contribution in [0.25, 0.3) is 0 Å². The standard InChI is InChI=1S/C12H12ClIN2OS/c13-8-6-7(3-4-9(8)14)12(17)16-5-1-2-10(16)11(15)18/h3-4,6,10H,1-2,5H2,(H2,15,18). The van der Waals surface area contributed by atoms with E-state index in [0.717, 1.165) is 16.4 Å². The summed E-state index contributed by atoms with van der Waals surface area (Å²) >= 11 is 13.2. The van der Waals surface area contributed by atoms with Gasteiger partial charge >= 0.3 is 0 Å². The van der Waals surface area contributed by atoms with Crippen LogP contribution in [0, 0.1) is 3.57 Å². The molecule has 96 valence electrons. The highest BCUT2D eigenvalue weighted by Crippen LogP contribution is 2.24. The quantitative estimate of drug-likeness (QED) is 0.620. The van der Waals surface area contributed by atoms with Crippen LogP contribution in [0.1, 0.15) is 23.2 Å². The summed E-state index contributed by atoms with van der Waals surface area (Å²) in [5.41, 5.74) is 6.25. The van der Waals surface area contributed by atoms with Crippen LogP contribution in [0.3, 0.4) is 0 Å². The number of likely N-dealkylation sites (tertiary alicyclic amines) is 1. The molecular formula is C12H12ClIN2OS. The number of hydrogen-bond donors (Lipinski definition) is 1. The van der Waals surface area contributed by atoms with Gasteiger partial charge in [0.25, 0.3) is 5.91 Å². The van der Waals surface area contributed by atoms with E-state index in [0.29, 0.717) is 22.1 Å². The van der Waals surface area contributed by atoms with Crippen molar-refractivity contribution in [1.82, 2.24) is 4.90 Å². The Balaban J connectivity index is 2.25. The molecule has 1 fully saturated rings. The number of benzene rings is 1. The Morgan fingerprint density at radius 3 is 2.89 bits per heavy atom. The zero-order valence-corrected chi connectivity index (χ0v) is 13.3. The van der Waals surface area contributed by atoms with E-state index in [-0.39, 0.29) is 11.9 Å². The molecular weight excluding hydrogens is 383 g/mol. The second-order valence-electron chi connectivity index (χ2n) is 4.19. The van der Waals surface area contributed by atoms with Crippen molar-refractivity contribution in [3.63, 3.8) is 0 Å². The summed E-state index contributed by atoms with van der Waals surface area (Å²) in [5.74, 6) is -0.0522. The van der Waals surface area contributed by atoms with Crippen LogP contribution in [-0.2, 0) is 0 Å². The summed E-state index contributed by atoms with van der Waals surface area (Å²) in [7, 11) is 0. The van der Waals surface area contributed by atoms with E-state index in [9.17, 15) is 4.79 Å². The number of thiocarbonyl (C=S) groups is 1. The van der Waals surface area contributed by atoms with Gasteiger partial charge in [-0.25, -0.2) is 0 Å². The molecule has 3 nitrogen and oxygen atoms in total. The third kappa shape index (κ3) is 2.78. The van der Waals surface area contributed by atoms with Crippen molar-refractivity contribution < 1.29 is 4.79 Å². The van der Waals surface area contributed by atoms with Gasteiger partial charge in [0, 0.05) is 15.7 Å². The molecule has 1 atom stereocenters. The van der Waals surface area contributed by atoms with Crippen molar-refractivity contribution in [3.8, 4) is 0 Å². The number of rotatable bonds is 2. The Morgan fingerprint density at radius 1 is 1.56 bits per heavy atom. The van der Waals surface area contributed by atoms with Crippen LogP contribution in [0.15, 0.2) is 18.2 Å². The molecule has 0 aliphatic carbocycles. The first-order valence-electron chi connectivity index (χ1n) is 5.56. The molecule has 0 bridgehead atoms. The average Bonchev–Trinajstić information content (AvgIpc) is 2.81. The maximum absolute atomic E-state index is 12.4. The lowest BCUT2D eigenvalue weighted by atomic mass is 10.1. The first-order valence-corrected chi connectivity index (χ1v) is 7.42. The maximum atomic E-state index is 12.4. The van der Waals surface area contributed by atoms with E-state index < -0.39 is 0 Å². The molecule has 1 saturated heterocycles. The molecule has 1 unspecified atom stereocenters. The third-order valence-electron chi connectivity index (χ3n) is 3.01. The fourth-order valence-electron chi connectivity index (χ4n) is 2.10. The molecule has 0 radical (unpaired) electrons. The Morgan fingerprint density at radius 2 is 2.28 bits per heavy atom. The van der Waals surface area contributed by atoms with E-state index in [4.69, 9.17) is 29.6 Å². The van der Waals surface area contributed by atoms with Crippen molar-refractivity contribution in [3.05, 3.63) is 32.4 Å². The summed E-state index contributed by atoms with van der Waals surface area (Å²) < 4.78 is 0.929. The Bertz CT molecular complexity index is 509. The average molecular weight is 395 g/mol. The van der Waals surface area contributed by atoms with E-state index in [1.54, 1.807) is 17.0 Å². The lowest BCUT2D eigenvalue weighted by Crippen LogP contribution is -2.42. The number of hydrogen-bond acceptors (Lipinski definition) is 2. The van der Waals surface area contributed by atoms with Crippen LogP contribution in [0.4, 0.5) is 0 Å². The zero-order chi connectivity index (χ0) is 13.3. The first-order chi connectivity index (χ1) is 8.50. The molecule has 18 heavy (non-hydrogen) atoms. The molecule has 0 saturated carbocycles. The van der Waals surface area contributed by atoms with Gasteiger partial charge in [0.2, 0.25) is 0 Å². The van der Waals surface area contributed by atoms with Gasteiger partial charge in [-0.05, 0) is 53.6 Å². The lowest BCUT2D eigenvalue weighted by molar-refractivity contribution is 0.0770. The summed E-state index contributed by atoms with van der Waals surface area (Å²) in [5, 5.41) is 0.590. The molecule has 6 heteroatoms. The minimum atomic E-state index is -0.120. The summed E-state index contributed by atoms with van der Waals surface area (Å²) in [6, 6.07) is 5.19. The second-order valence-corrected chi connectivity index (χ2v) is 6.23. The zero-order valence-electron chi connectivity index (χ0n) is 9.53. The Hall–Kier alpha value is -0.400. The first kappa shape index (κ1) is 14.0. The normalized spacial score (nSPS) is 19.0. The van der Waals surface area contributed by atoms with Crippen LogP contribution < -0.4 is 5.73 Å². The van der Waals surface area contributed by atoms with E-state index in [1.807, 2.05) is 6.07 Å². The van der Waals surface area contributed by atoms with Crippen LogP contribution >= 0.6 is 46.4 Å². The fourth-order valence-corrected chi connectivity index (χ4v) is 2.86. The van der Waals surface area contributed by atoms with E-state index in [2.05, 4.69) is 22.6 Å². The summed E-state index contributed by atoms with van der Waals surface area (Å²) in [6.07, 6.45) is 1.78. The van der Waals surface area contributed by atoms with Crippen molar-refractivity contribution in [2.75, 3.05) is 6.54 Å². The molecule has 1 amide bonds. The van der Waals surface area contributed by atoms with Crippen LogP contribution in [0.2, 0.25) is 5.02 Å². The van der Waals surface area contributed by atoms with Crippen molar-refractivity contribution in [1.29, 1.82) is 0 Å². The highest BCUT2D eigenvalue weighted by molar-refractivity contribution is 14.1. The number of halogens is 2. The predicted octanol–water partition coefficient (Wildman–Crippen LogP) is 2.84. The minimum absolute atomic E-state index is 0.0522. The van der Waals surface area contributed by atoms with E-state index >= 15 is 0 Å². The van der Waals surface area contributed by atoms with Gasteiger partial charge in [0.1, 0.15) is 0 Å². The number of amides is 1. The predicted molar refractivity (Wildman–Crippen MR) is 85.0 cm³/mol. The van der Waals surface area contributed by atoms with Crippen LogP contribution in [0.5, 0.6) is 0 Å². The number of carbonyl (C=O) groups is 1. The lowest BCUT2D eigenvalue weighted by Gasteiger charge is -2.23. The Labute approximate surface area is 130 Å². The second kappa shape index (κ2) is 5.71. The minimum Gasteiger partial charge on any atom is -0.392 e. The van der Waals surface area contributed by atoms with Gasteiger partial charge in [-0.2, -0.15) is 0 Å². The molecule has 1 heterocycles. The van der Waals surface area contributed by atoms with Gasteiger partial charge in [-0.15, -0.1) is 0 Å². The molecule has 1 aliphatic rings. The highest BCUT2D eigenvalue weighted by atomic mass is 127. The maximum Gasteiger partial charge on any atom is 0.254 e. The smallest absolute Gasteiger partial charge is 0.254 e. The molecule has 0 aromatic heterocycles. The van der Waals surface area contributed by atoms with Gasteiger partial charge in [-0.1, -0.05) is 23.8 Å². The molecule has 1 aliphatic heterocycles. The number of nitrogens with zero attached hydrogens (tertiary/aromatic N) is 1. The van der Waals surface area contributed by atoms with Gasteiger partial charge in [-0.3, -0.25) is 4.79 Å². The molecule has 2 rings (SSSR count). The highest BCUT2D eigenvalue weighted by Gasteiger charge is 2.31. The molecule has 0 spiro atoms. The van der Waals surface area contributed by atoms with Crippen molar-refractivity contribution in [2.45, 2.75) is 18.9 Å². The van der Waals surface area contributed by atoms with Gasteiger partial charge in [0.05, 0.1) is 16.1 Å². The summed E-state index contributed by atoms with van der Waals surface area (Å²) in [6.45, 7) is 0.699. The summed E-state index contributed by atoms with van der Waals surface area (Å²) in [4.78, 5) is 14.5. The van der Waals surface area contributed by atoms with Crippen molar-refractivity contribution >= 4 is 57.3 Å². The van der Waals surface area contributed by atoms with Gasteiger partial charge < -0.3 is 10.6 Å². The van der Waals surface area contributed by atoms with E-state index in [1.165, 1.54) is 0 Å². The largest absolute Gasteiger partial charge is 0.392 e. The fraction of sp³-hybridized carbons (Fsp3) is 0.333. The van der Waals surface area contributed by atoms with Crippen LogP contribution in [-0.4, -0.2) is 28.4 Å². The number of nitrogens with two attached hydrogens (primary N) is 1. The molecule has 1 aromatic rings.